The lowest BCUT2D eigenvalue weighted by Crippen LogP contribution is -2.30. The van der Waals surface area contributed by atoms with E-state index < -0.39 is 5.91 Å². The van der Waals surface area contributed by atoms with Gasteiger partial charge in [0.15, 0.2) is 0 Å². The van der Waals surface area contributed by atoms with Gasteiger partial charge in [-0.3, -0.25) is 4.79 Å². The highest BCUT2D eigenvalue weighted by molar-refractivity contribution is 6.31. The molecule has 4 nitrogen and oxygen atoms in total. The summed E-state index contributed by atoms with van der Waals surface area (Å²) in [4.78, 5) is 14.4. The van der Waals surface area contributed by atoms with E-state index in [-0.39, 0.29) is 5.57 Å². The third-order valence-electron chi connectivity index (χ3n) is 4.36. The van der Waals surface area contributed by atoms with Gasteiger partial charge in [-0.15, -0.1) is 0 Å². The molecule has 0 radical (unpaired) electrons. The van der Waals surface area contributed by atoms with Crippen LogP contribution in [0.1, 0.15) is 37.7 Å². The third-order valence-corrected chi connectivity index (χ3v) is 4.77. The van der Waals surface area contributed by atoms with Crippen LogP contribution in [0.5, 0.6) is 0 Å². The van der Waals surface area contributed by atoms with Crippen molar-refractivity contribution in [3.63, 3.8) is 0 Å². The molecule has 1 aromatic rings. The Hall–Kier alpha value is -1.99. The van der Waals surface area contributed by atoms with Gasteiger partial charge < -0.3 is 10.2 Å². The van der Waals surface area contributed by atoms with Crippen molar-refractivity contribution in [3.8, 4) is 6.07 Å². The van der Waals surface area contributed by atoms with E-state index in [9.17, 15) is 10.1 Å². The lowest BCUT2D eigenvalue weighted by atomic mass is 9.94. The minimum atomic E-state index is -0.402. The van der Waals surface area contributed by atoms with E-state index in [0.29, 0.717) is 16.8 Å². The van der Waals surface area contributed by atoms with E-state index in [1.165, 1.54) is 19.3 Å². The van der Waals surface area contributed by atoms with Crippen LogP contribution in [0.25, 0.3) is 0 Å². The maximum absolute atomic E-state index is 12.4. The van der Waals surface area contributed by atoms with Gasteiger partial charge in [0.1, 0.15) is 11.6 Å². The molecule has 1 fully saturated rings. The first-order valence-electron chi connectivity index (χ1n) is 7.93. The van der Waals surface area contributed by atoms with E-state index in [0.717, 1.165) is 18.4 Å². The Labute approximate surface area is 142 Å². The number of anilines is 1. The highest BCUT2D eigenvalue weighted by Gasteiger charge is 2.18. The number of amides is 1. The molecule has 1 aliphatic carbocycles. The second kappa shape index (κ2) is 8.03. The van der Waals surface area contributed by atoms with Crippen LogP contribution in [-0.4, -0.2) is 23.9 Å². The van der Waals surface area contributed by atoms with Crippen LogP contribution in [0.3, 0.4) is 0 Å². The van der Waals surface area contributed by atoms with Crippen molar-refractivity contribution < 1.29 is 4.79 Å². The van der Waals surface area contributed by atoms with E-state index >= 15 is 0 Å². The molecular formula is C18H22ClN3O. The molecule has 0 bridgehead atoms. The molecule has 122 valence electrons. The summed E-state index contributed by atoms with van der Waals surface area (Å²) in [6, 6.07) is 7.73. The van der Waals surface area contributed by atoms with Crippen molar-refractivity contribution in [2.75, 3.05) is 12.4 Å². The first kappa shape index (κ1) is 17.4. The average molecular weight is 332 g/mol. The molecule has 0 atom stereocenters. The van der Waals surface area contributed by atoms with Crippen molar-refractivity contribution in [2.45, 2.75) is 45.1 Å². The van der Waals surface area contributed by atoms with Gasteiger partial charge in [-0.05, 0) is 37.5 Å². The average Bonchev–Trinajstić information content (AvgIpc) is 2.57. The molecule has 0 spiro atoms. The third kappa shape index (κ3) is 4.49. The van der Waals surface area contributed by atoms with Gasteiger partial charge in [0.25, 0.3) is 5.91 Å². The highest BCUT2D eigenvalue weighted by Crippen LogP contribution is 2.24. The lowest BCUT2D eigenvalue weighted by molar-refractivity contribution is -0.112. The molecule has 23 heavy (non-hydrogen) atoms. The molecule has 1 amide bonds. The Balaban J connectivity index is 2.10. The maximum Gasteiger partial charge on any atom is 0.267 e. The van der Waals surface area contributed by atoms with E-state index in [4.69, 9.17) is 11.6 Å². The predicted molar refractivity (Wildman–Crippen MR) is 93.2 cm³/mol. The molecule has 5 heteroatoms. The van der Waals surface area contributed by atoms with E-state index in [1.54, 1.807) is 24.4 Å². The topological polar surface area (TPSA) is 56.1 Å². The van der Waals surface area contributed by atoms with Gasteiger partial charge >= 0.3 is 0 Å². The quantitative estimate of drug-likeness (QED) is 0.662. The van der Waals surface area contributed by atoms with Crippen LogP contribution in [0.4, 0.5) is 5.69 Å². The van der Waals surface area contributed by atoms with Crippen LogP contribution in [0.2, 0.25) is 5.02 Å². The number of benzene rings is 1. The Morgan fingerprint density at radius 2 is 2.09 bits per heavy atom. The molecule has 0 aliphatic heterocycles. The molecule has 1 aliphatic rings. The molecule has 0 heterocycles. The van der Waals surface area contributed by atoms with Gasteiger partial charge in [0.2, 0.25) is 0 Å². The fraction of sp³-hybridized carbons (Fsp3) is 0.444. The summed E-state index contributed by atoms with van der Waals surface area (Å²) in [6.07, 6.45) is 7.57. The molecule has 1 saturated carbocycles. The van der Waals surface area contributed by atoms with Crippen LogP contribution in [-0.2, 0) is 4.79 Å². The summed E-state index contributed by atoms with van der Waals surface area (Å²) in [7, 11) is 1.94. The Bertz CT molecular complexity index is 642. The number of hydrogen-bond donors (Lipinski definition) is 1. The number of carbonyl (C=O) groups excluding carboxylic acids is 1. The minimum Gasteiger partial charge on any atom is -0.376 e. The molecule has 1 aromatic carbocycles. The standard InChI is InChI=1S/C18H22ClN3O/c1-13-16(19)9-6-10-17(13)21-18(23)14(11-20)12-22(2)15-7-4-3-5-8-15/h6,9-10,12,15H,3-5,7-8H2,1-2H3,(H,21,23)/b14-12-. The number of halogens is 1. The second-order valence-corrected chi connectivity index (χ2v) is 6.39. The van der Waals surface area contributed by atoms with Crippen molar-refractivity contribution in [3.05, 3.63) is 40.6 Å². The van der Waals surface area contributed by atoms with Crippen molar-refractivity contribution in [1.82, 2.24) is 4.90 Å². The fourth-order valence-electron chi connectivity index (χ4n) is 2.87. The molecule has 0 unspecified atom stereocenters. The van der Waals surface area contributed by atoms with Crippen LogP contribution in [0, 0.1) is 18.3 Å². The van der Waals surface area contributed by atoms with Crippen LogP contribution in [0.15, 0.2) is 30.0 Å². The number of rotatable bonds is 4. The lowest BCUT2D eigenvalue weighted by Gasteiger charge is -2.30. The number of nitriles is 1. The fourth-order valence-corrected chi connectivity index (χ4v) is 3.04. The van der Waals surface area contributed by atoms with Crippen LogP contribution < -0.4 is 5.32 Å². The first-order chi connectivity index (χ1) is 11.0. The largest absolute Gasteiger partial charge is 0.376 e. The van der Waals surface area contributed by atoms with Crippen molar-refractivity contribution in [1.29, 1.82) is 5.26 Å². The van der Waals surface area contributed by atoms with Crippen LogP contribution >= 0.6 is 11.6 Å². The van der Waals surface area contributed by atoms with Crippen molar-refractivity contribution >= 4 is 23.2 Å². The SMILES string of the molecule is Cc1c(Cl)cccc1NC(=O)/C(C#N)=C\N(C)C1CCCCC1. The summed E-state index contributed by atoms with van der Waals surface area (Å²) >= 11 is 6.06. The first-order valence-corrected chi connectivity index (χ1v) is 8.31. The summed E-state index contributed by atoms with van der Waals surface area (Å²) in [5.74, 6) is -0.402. The molecule has 0 saturated heterocycles. The normalized spacial score (nSPS) is 15.8. The molecule has 2 rings (SSSR count). The molecule has 0 aromatic heterocycles. The second-order valence-electron chi connectivity index (χ2n) is 5.98. The van der Waals surface area contributed by atoms with Crippen molar-refractivity contribution in [2.24, 2.45) is 0 Å². The Morgan fingerprint density at radius 1 is 1.39 bits per heavy atom. The summed E-state index contributed by atoms with van der Waals surface area (Å²) < 4.78 is 0. The zero-order valence-electron chi connectivity index (χ0n) is 13.6. The number of nitrogens with one attached hydrogen (secondary N) is 1. The molecule has 1 N–H and O–H groups in total. The molecular weight excluding hydrogens is 310 g/mol. The predicted octanol–water partition coefficient (Wildman–Crippen LogP) is 4.26. The maximum atomic E-state index is 12.4. The number of nitrogens with zero attached hydrogens (tertiary/aromatic N) is 2. The number of hydrogen-bond acceptors (Lipinski definition) is 3. The van der Waals surface area contributed by atoms with Gasteiger partial charge in [0.05, 0.1) is 0 Å². The van der Waals surface area contributed by atoms with Gasteiger partial charge in [-0.2, -0.15) is 5.26 Å². The van der Waals surface area contributed by atoms with E-state index in [2.05, 4.69) is 5.32 Å². The summed E-state index contributed by atoms with van der Waals surface area (Å²) in [6.45, 7) is 1.84. The van der Waals surface area contributed by atoms with Gasteiger partial charge in [0, 0.05) is 30.0 Å². The summed E-state index contributed by atoms with van der Waals surface area (Å²) in [5, 5.41) is 12.7. The number of carbonyl (C=O) groups is 1. The van der Waals surface area contributed by atoms with Gasteiger partial charge in [-0.1, -0.05) is 36.9 Å². The zero-order chi connectivity index (χ0) is 16.8. The Morgan fingerprint density at radius 3 is 2.74 bits per heavy atom. The van der Waals surface area contributed by atoms with E-state index in [1.807, 2.05) is 24.9 Å². The zero-order valence-corrected chi connectivity index (χ0v) is 14.4. The van der Waals surface area contributed by atoms with Gasteiger partial charge in [-0.25, -0.2) is 0 Å². The highest BCUT2D eigenvalue weighted by atomic mass is 35.5. The smallest absolute Gasteiger partial charge is 0.267 e. The minimum absolute atomic E-state index is 0.109. The summed E-state index contributed by atoms with van der Waals surface area (Å²) in [5.41, 5.74) is 1.53. The Kier molecular flexibility index (Phi) is 6.06. The monoisotopic (exact) mass is 331 g/mol.